The molecule has 1 aromatic rings. The fraction of sp³-hybridized carbons (Fsp3) is 0.250. The molecule has 2 rings (SSSR count). The Labute approximate surface area is 126 Å². The van der Waals surface area contributed by atoms with Crippen molar-refractivity contribution in [2.45, 2.75) is 10.9 Å². The van der Waals surface area contributed by atoms with Gasteiger partial charge in [0.05, 0.1) is 24.8 Å². The van der Waals surface area contributed by atoms with Crippen molar-refractivity contribution in [2.24, 2.45) is 10.8 Å². The number of hydrogen-bond acceptors (Lipinski definition) is 8. The van der Waals surface area contributed by atoms with Gasteiger partial charge in [-0.2, -0.15) is 18.5 Å². The zero-order valence-corrected chi connectivity index (χ0v) is 12.5. The Hall–Kier alpha value is -2.30. The Kier molecular flexibility index (Phi) is 4.26. The molecule has 0 aromatic heterocycles. The third-order valence-electron chi connectivity index (χ3n) is 2.96. The summed E-state index contributed by atoms with van der Waals surface area (Å²) in [5.74, 6) is -1.43. The van der Waals surface area contributed by atoms with Crippen molar-refractivity contribution in [3.8, 4) is 0 Å². The Balaban J connectivity index is 2.35. The van der Waals surface area contributed by atoms with Crippen LogP contribution in [0.5, 0.6) is 0 Å². The van der Waals surface area contributed by atoms with E-state index in [0.29, 0.717) is 0 Å². The highest BCUT2D eigenvalue weighted by Gasteiger charge is 2.38. The standard InChI is InChI=1S/C12H13N3O6S/c1-20-12(17)10-9(13)11(16)15(14-10)7-3-5-8(6-4-7)22(18,19)21-2/h3-6,9H,13H2,1-2H3. The molecule has 1 aromatic carbocycles. The predicted octanol–water partition coefficient (Wildman–Crippen LogP) is -0.775. The lowest BCUT2D eigenvalue weighted by molar-refractivity contribution is -0.133. The molecule has 1 amide bonds. The fourth-order valence-electron chi connectivity index (χ4n) is 1.78. The van der Waals surface area contributed by atoms with E-state index in [2.05, 4.69) is 14.0 Å². The van der Waals surface area contributed by atoms with E-state index < -0.39 is 28.0 Å². The van der Waals surface area contributed by atoms with Crippen molar-refractivity contribution in [3.05, 3.63) is 24.3 Å². The maximum Gasteiger partial charge on any atom is 0.356 e. The molecular formula is C12H13N3O6S. The quantitative estimate of drug-likeness (QED) is 0.567. The molecule has 1 atom stereocenters. The lowest BCUT2D eigenvalue weighted by Gasteiger charge is -2.12. The van der Waals surface area contributed by atoms with Crippen molar-refractivity contribution in [1.82, 2.24) is 0 Å². The van der Waals surface area contributed by atoms with E-state index >= 15 is 0 Å². The normalized spacial score (nSPS) is 18.3. The summed E-state index contributed by atoms with van der Waals surface area (Å²) in [5.41, 5.74) is 5.65. The second-order valence-corrected chi connectivity index (χ2v) is 5.93. The van der Waals surface area contributed by atoms with Gasteiger partial charge in [-0.1, -0.05) is 0 Å². The van der Waals surface area contributed by atoms with Crippen LogP contribution in [0.4, 0.5) is 5.69 Å². The zero-order chi connectivity index (χ0) is 16.5. The van der Waals surface area contributed by atoms with Gasteiger partial charge in [-0.15, -0.1) is 0 Å². The van der Waals surface area contributed by atoms with Gasteiger partial charge in [0, 0.05) is 0 Å². The molecule has 0 radical (unpaired) electrons. The molecule has 1 heterocycles. The zero-order valence-electron chi connectivity index (χ0n) is 11.7. The molecule has 0 saturated heterocycles. The number of carbonyl (C=O) groups is 2. The molecule has 9 nitrogen and oxygen atoms in total. The maximum absolute atomic E-state index is 12.0. The molecule has 2 N–H and O–H groups in total. The number of esters is 1. The van der Waals surface area contributed by atoms with E-state index in [1.165, 1.54) is 24.3 Å². The topological polar surface area (TPSA) is 128 Å². The average molecular weight is 327 g/mol. The van der Waals surface area contributed by atoms with Crippen LogP contribution in [0, 0.1) is 0 Å². The molecule has 1 aliphatic rings. The van der Waals surface area contributed by atoms with Gasteiger partial charge in [0.1, 0.15) is 6.04 Å². The van der Waals surface area contributed by atoms with Crippen LogP contribution >= 0.6 is 0 Å². The second-order valence-electron chi connectivity index (χ2n) is 4.22. The summed E-state index contributed by atoms with van der Waals surface area (Å²) in [7, 11) is -1.64. The number of rotatable bonds is 4. The van der Waals surface area contributed by atoms with Gasteiger partial charge in [0.15, 0.2) is 5.71 Å². The minimum atomic E-state index is -3.83. The summed E-state index contributed by atoms with van der Waals surface area (Å²) in [6.07, 6.45) is 0. The van der Waals surface area contributed by atoms with Gasteiger partial charge in [0.2, 0.25) is 0 Å². The summed E-state index contributed by atoms with van der Waals surface area (Å²) in [5, 5.41) is 4.74. The highest BCUT2D eigenvalue weighted by atomic mass is 32.2. The van der Waals surface area contributed by atoms with Crippen molar-refractivity contribution in [3.63, 3.8) is 0 Å². The lowest BCUT2D eigenvalue weighted by atomic mass is 10.2. The Morgan fingerprint density at radius 1 is 1.27 bits per heavy atom. The second kappa shape index (κ2) is 5.83. The molecule has 10 heteroatoms. The molecule has 22 heavy (non-hydrogen) atoms. The van der Waals surface area contributed by atoms with Crippen LogP contribution < -0.4 is 10.7 Å². The minimum Gasteiger partial charge on any atom is -0.464 e. The predicted molar refractivity (Wildman–Crippen MR) is 75.5 cm³/mol. The first-order valence-corrected chi connectivity index (χ1v) is 7.39. The van der Waals surface area contributed by atoms with Gasteiger partial charge in [-0.05, 0) is 24.3 Å². The first kappa shape index (κ1) is 16.1. The summed E-state index contributed by atoms with van der Waals surface area (Å²) in [4.78, 5) is 23.4. The van der Waals surface area contributed by atoms with Crippen LogP contribution in [0.1, 0.15) is 0 Å². The number of nitrogens with zero attached hydrogens (tertiary/aromatic N) is 2. The first-order valence-electron chi connectivity index (χ1n) is 5.99. The number of hydrazone groups is 1. The Bertz CT molecular complexity index is 741. The fourth-order valence-corrected chi connectivity index (χ4v) is 2.44. The third kappa shape index (κ3) is 2.71. The van der Waals surface area contributed by atoms with Crippen LogP contribution in [-0.4, -0.2) is 46.3 Å². The molecule has 118 valence electrons. The Morgan fingerprint density at radius 2 is 1.86 bits per heavy atom. The van der Waals surface area contributed by atoms with E-state index in [9.17, 15) is 18.0 Å². The van der Waals surface area contributed by atoms with Crippen LogP contribution in [0.3, 0.4) is 0 Å². The van der Waals surface area contributed by atoms with Crippen LogP contribution in [0.2, 0.25) is 0 Å². The molecular weight excluding hydrogens is 314 g/mol. The number of carbonyl (C=O) groups excluding carboxylic acids is 2. The lowest BCUT2D eigenvalue weighted by Crippen LogP contribution is -2.42. The molecule has 1 aliphatic heterocycles. The average Bonchev–Trinajstić information content (AvgIpc) is 2.83. The first-order chi connectivity index (χ1) is 10.3. The van der Waals surface area contributed by atoms with Crippen molar-refractivity contribution in [2.75, 3.05) is 19.2 Å². The van der Waals surface area contributed by atoms with Crippen LogP contribution in [-0.2, 0) is 28.6 Å². The van der Waals surface area contributed by atoms with Crippen LogP contribution in [0.25, 0.3) is 0 Å². The summed E-state index contributed by atoms with van der Waals surface area (Å²) in [6.45, 7) is 0. The van der Waals surface area contributed by atoms with E-state index in [0.717, 1.165) is 19.2 Å². The van der Waals surface area contributed by atoms with E-state index in [1.54, 1.807) is 0 Å². The summed E-state index contributed by atoms with van der Waals surface area (Å²) >= 11 is 0. The number of benzene rings is 1. The summed E-state index contributed by atoms with van der Waals surface area (Å²) < 4.78 is 31.9. The van der Waals surface area contributed by atoms with E-state index in [-0.39, 0.29) is 16.3 Å². The molecule has 0 aliphatic carbocycles. The molecule has 0 bridgehead atoms. The van der Waals surface area contributed by atoms with Gasteiger partial charge in [-0.3, -0.25) is 8.98 Å². The highest BCUT2D eigenvalue weighted by Crippen LogP contribution is 2.23. The third-order valence-corrected chi connectivity index (χ3v) is 4.25. The molecule has 0 saturated carbocycles. The van der Waals surface area contributed by atoms with E-state index in [1.807, 2.05) is 0 Å². The van der Waals surface area contributed by atoms with Gasteiger partial charge >= 0.3 is 5.97 Å². The number of nitrogens with two attached hydrogens (primary N) is 1. The van der Waals surface area contributed by atoms with Gasteiger partial charge < -0.3 is 10.5 Å². The Morgan fingerprint density at radius 3 is 2.36 bits per heavy atom. The number of hydrogen-bond donors (Lipinski definition) is 1. The van der Waals surface area contributed by atoms with Crippen molar-refractivity contribution in [1.29, 1.82) is 0 Å². The maximum atomic E-state index is 12.0. The smallest absolute Gasteiger partial charge is 0.356 e. The largest absolute Gasteiger partial charge is 0.464 e. The molecule has 1 unspecified atom stereocenters. The number of anilines is 1. The number of amides is 1. The van der Waals surface area contributed by atoms with Crippen molar-refractivity contribution < 1.29 is 26.9 Å². The van der Waals surface area contributed by atoms with Crippen LogP contribution in [0.15, 0.2) is 34.3 Å². The summed E-state index contributed by atoms with van der Waals surface area (Å²) in [6, 6.07) is 3.97. The number of ether oxygens (including phenoxy) is 1. The monoisotopic (exact) mass is 327 g/mol. The minimum absolute atomic E-state index is 0.0770. The van der Waals surface area contributed by atoms with Crippen molar-refractivity contribution >= 4 is 33.4 Å². The number of methoxy groups -OCH3 is 1. The molecule has 0 spiro atoms. The van der Waals surface area contributed by atoms with E-state index in [4.69, 9.17) is 5.73 Å². The SMILES string of the molecule is COC(=O)C1=NN(c2ccc(S(=O)(=O)OC)cc2)C(=O)C1N. The highest BCUT2D eigenvalue weighted by molar-refractivity contribution is 7.86. The van der Waals surface area contributed by atoms with Gasteiger partial charge in [-0.25, -0.2) is 4.79 Å². The molecule has 0 fully saturated rings. The van der Waals surface area contributed by atoms with Gasteiger partial charge in [0.25, 0.3) is 16.0 Å².